The molecule has 0 bridgehead atoms. The van der Waals surface area contributed by atoms with Crippen molar-refractivity contribution in [3.8, 4) is 0 Å². The van der Waals surface area contributed by atoms with Gasteiger partial charge in [-0.25, -0.2) is 0 Å². The minimum Gasteiger partial charge on any atom is -0.375 e. The maximum absolute atomic E-state index is 12.8. The van der Waals surface area contributed by atoms with E-state index in [1.165, 1.54) is 6.42 Å². The van der Waals surface area contributed by atoms with Crippen molar-refractivity contribution in [2.24, 2.45) is 5.92 Å². The number of rotatable bonds is 2. The van der Waals surface area contributed by atoms with E-state index in [-0.39, 0.29) is 17.6 Å². The summed E-state index contributed by atoms with van der Waals surface area (Å²) in [6.45, 7) is 3.74. The highest BCUT2D eigenvalue weighted by Gasteiger charge is 2.45. The second-order valence-electron chi connectivity index (χ2n) is 6.74. The molecular weight excluding hydrogens is 240 g/mol. The SMILES string of the molecule is CN1CCN(C)C(C(=O)C2CCOC3(CCC3)C2)C1. The van der Waals surface area contributed by atoms with Crippen LogP contribution in [0, 0.1) is 5.92 Å². The van der Waals surface area contributed by atoms with Crippen LogP contribution in [0.15, 0.2) is 0 Å². The van der Waals surface area contributed by atoms with Gasteiger partial charge < -0.3 is 9.64 Å². The fourth-order valence-electron chi connectivity index (χ4n) is 3.78. The Morgan fingerprint density at radius 2 is 2.05 bits per heavy atom. The van der Waals surface area contributed by atoms with Gasteiger partial charge in [-0.2, -0.15) is 0 Å². The summed E-state index contributed by atoms with van der Waals surface area (Å²) in [5.41, 5.74) is 0.0811. The summed E-state index contributed by atoms with van der Waals surface area (Å²) in [5, 5.41) is 0. The predicted molar refractivity (Wildman–Crippen MR) is 74.2 cm³/mol. The monoisotopic (exact) mass is 266 g/mol. The molecule has 4 heteroatoms. The Morgan fingerprint density at radius 1 is 1.26 bits per heavy atom. The average Bonchev–Trinajstić information content (AvgIpc) is 2.39. The number of ether oxygens (including phenoxy) is 1. The highest BCUT2D eigenvalue weighted by Crippen LogP contribution is 2.44. The van der Waals surface area contributed by atoms with Crippen molar-refractivity contribution in [3.63, 3.8) is 0 Å². The van der Waals surface area contributed by atoms with Crippen molar-refractivity contribution in [1.29, 1.82) is 0 Å². The molecule has 0 N–H and O–H groups in total. The number of carbonyl (C=O) groups is 1. The normalized spacial score (nSPS) is 36.1. The molecule has 2 unspecified atom stereocenters. The van der Waals surface area contributed by atoms with Crippen molar-refractivity contribution in [3.05, 3.63) is 0 Å². The molecule has 2 atom stereocenters. The molecule has 1 aliphatic carbocycles. The van der Waals surface area contributed by atoms with Gasteiger partial charge in [-0.05, 0) is 46.2 Å². The fraction of sp³-hybridized carbons (Fsp3) is 0.933. The number of hydrogen-bond donors (Lipinski definition) is 0. The summed E-state index contributed by atoms with van der Waals surface area (Å²) in [7, 11) is 4.21. The van der Waals surface area contributed by atoms with Crippen molar-refractivity contribution in [2.45, 2.75) is 43.7 Å². The van der Waals surface area contributed by atoms with Crippen molar-refractivity contribution >= 4 is 5.78 Å². The van der Waals surface area contributed by atoms with Crippen molar-refractivity contribution in [2.75, 3.05) is 40.3 Å². The highest BCUT2D eigenvalue weighted by molar-refractivity contribution is 5.86. The lowest BCUT2D eigenvalue weighted by Gasteiger charge is -2.48. The van der Waals surface area contributed by atoms with Crippen LogP contribution in [0.1, 0.15) is 32.1 Å². The van der Waals surface area contributed by atoms with E-state index < -0.39 is 0 Å². The topological polar surface area (TPSA) is 32.8 Å². The third kappa shape index (κ3) is 2.58. The van der Waals surface area contributed by atoms with Crippen LogP contribution in [0.2, 0.25) is 0 Å². The second kappa shape index (κ2) is 5.15. The number of likely N-dealkylation sites (N-methyl/N-ethyl adjacent to an activating group) is 2. The zero-order chi connectivity index (χ0) is 13.5. The van der Waals surface area contributed by atoms with Gasteiger partial charge in [0.15, 0.2) is 5.78 Å². The van der Waals surface area contributed by atoms with Gasteiger partial charge in [0.25, 0.3) is 0 Å². The van der Waals surface area contributed by atoms with Gasteiger partial charge in [0.1, 0.15) is 0 Å². The summed E-state index contributed by atoms with van der Waals surface area (Å²) in [6, 6.07) is 0.0963. The Kier molecular flexibility index (Phi) is 3.67. The van der Waals surface area contributed by atoms with Gasteiger partial charge >= 0.3 is 0 Å². The Hall–Kier alpha value is -0.450. The minimum absolute atomic E-state index is 0.0811. The largest absolute Gasteiger partial charge is 0.375 e. The molecule has 108 valence electrons. The first-order valence-electron chi connectivity index (χ1n) is 7.66. The molecule has 2 saturated heterocycles. The van der Waals surface area contributed by atoms with E-state index in [0.29, 0.717) is 5.78 Å². The Balaban J connectivity index is 1.65. The lowest BCUT2D eigenvalue weighted by molar-refractivity contribution is -0.159. The van der Waals surface area contributed by atoms with Gasteiger partial charge in [0.2, 0.25) is 0 Å². The standard InChI is InChI=1S/C15H26N2O2/c1-16-7-8-17(2)13(11-16)14(18)12-4-9-19-15(10-12)5-3-6-15/h12-13H,3-11H2,1-2H3. The molecule has 2 heterocycles. The van der Waals surface area contributed by atoms with Crippen LogP contribution in [-0.4, -0.2) is 67.6 Å². The van der Waals surface area contributed by atoms with E-state index in [0.717, 1.165) is 51.9 Å². The minimum atomic E-state index is 0.0811. The van der Waals surface area contributed by atoms with Gasteiger partial charge in [0.05, 0.1) is 11.6 Å². The summed E-state index contributed by atoms with van der Waals surface area (Å²) >= 11 is 0. The highest BCUT2D eigenvalue weighted by atomic mass is 16.5. The van der Waals surface area contributed by atoms with Crippen LogP contribution < -0.4 is 0 Å². The first-order valence-corrected chi connectivity index (χ1v) is 7.66. The molecule has 4 nitrogen and oxygen atoms in total. The van der Waals surface area contributed by atoms with E-state index in [9.17, 15) is 4.79 Å². The third-order valence-electron chi connectivity index (χ3n) is 5.34. The van der Waals surface area contributed by atoms with Crippen LogP contribution in [0.4, 0.5) is 0 Å². The Labute approximate surface area is 116 Å². The van der Waals surface area contributed by atoms with Gasteiger partial charge in [-0.1, -0.05) is 0 Å². The van der Waals surface area contributed by atoms with Crippen LogP contribution in [0.3, 0.4) is 0 Å². The molecule has 3 aliphatic rings. The fourth-order valence-corrected chi connectivity index (χ4v) is 3.78. The molecule has 3 rings (SSSR count). The van der Waals surface area contributed by atoms with Gasteiger partial charge in [-0.15, -0.1) is 0 Å². The predicted octanol–water partition coefficient (Wildman–Crippen LogP) is 1.15. The molecule has 0 amide bonds. The van der Waals surface area contributed by atoms with Crippen molar-refractivity contribution < 1.29 is 9.53 Å². The first kappa shape index (κ1) is 13.5. The van der Waals surface area contributed by atoms with E-state index in [1.807, 2.05) is 0 Å². The smallest absolute Gasteiger partial charge is 0.154 e. The average molecular weight is 266 g/mol. The molecular formula is C15H26N2O2. The van der Waals surface area contributed by atoms with Gasteiger partial charge in [-0.3, -0.25) is 9.69 Å². The zero-order valence-corrected chi connectivity index (χ0v) is 12.2. The first-order chi connectivity index (χ1) is 9.10. The number of piperazine rings is 1. The molecule has 2 aliphatic heterocycles. The lowest BCUT2D eigenvalue weighted by Crippen LogP contribution is -2.56. The van der Waals surface area contributed by atoms with Crippen LogP contribution in [-0.2, 0) is 9.53 Å². The number of ketones is 1. The van der Waals surface area contributed by atoms with E-state index in [2.05, 4.69) is 23.9 Å². The van der Waals surface area contributed by atoms with Crippen LogP contribution in [0.5, 0.6) is 0 Å². The summed E-state index contributed by atoms with van der Waals surface area (Å²) in [4.78, 5) is 17.3. The molecule has 0 radical (unpaired) electrons. The molecule has 3 fully saturated rings. The Bertz CT molecular complexity index is 354. The maximum Gasteiger partial charge on any atom is 0.154 e. The zero-order valence-electron chi connectivity index (χ0n) is 12.2. The Morgan fingerprint density at radius 3 is 2.74 bits per heavy atom. The molecule has 1 saturated carbocycles. The quantitative estimate of drug-likeness (QED) is 0.750. The van der Waals surface area contributed by atoms with Crippen LogP contribution in [0.25, 0.3) is 0 Å². The van der Waals surface area contributed by atoms with Gasteiger partial charge in [0, 0.05) is 32.2 Å². The van der Waals surface area contributed by atoms with Crippen LogP contribution >= 0.6 is 0 Å². The summed E-state index contributed by atoms with van der Waals surface area (Å²) in [5.74, 6) is 0.691. The third-order valence-corrected chi connectivity index (χ3v) is 5.34. The number of nitrogens with zero attached hydrogens (tertiary/aromatic N) is 2. The molecule has 0 aromatic rings. The summed E-state index contributed by atoms with van der Waals surface area (Å²) < 4.78 is 5.94. The van der Waals surface area contributed by atoms with E-state index >= 15 is 0 Å². The molecule has 0 aromatic carbocycles. The second-order valence-corrected chi connectivity index (χ2v) is 6.74. The number of Topliss-reactive ketones (excluding diaryl/α,β-unsaturated/α-hetero) is 1. The van der Waals surface area contributed by atoms with E-state index in [4.69, 9.17) is 4.74 Å². The van der Waals surface area contributed by atoms with E-state index in [1.54, 1.807) is 0 Å². The molecule has 19 heavy (non-hydrogen) atoms. The maximum atomic E-state index is 12.8. The summed E-state index contributed by atoms with van der Waals surface area (Å²) in [6.07, 6.45) is 5.50. The number of hydrogen-bond acceptors (Lipinski definition) is 4. The van der Waals surface area contributed by atoms with Crippen molar-refractivity contribution in [1.82, 2.24) is 9.80 Å². The lowest BCUT2D eigenvalue weighted by atomic mass is 9.70. The molecule has 0 aromatic heterocycles. The number of carbonyl (C=O) groups excluding carboxylic acids is 1. The molecule has 1 spiro atoms.